The zero-order valence-corrected chi connectivity index (χ0v) is 17.0. The number of halogens is 3. The van der Waals surface area contributed by atoms with Crippen molar-refractivity contribution in [2.24, 2.45) is 5.92 Å². The molecular weight excluding hydrogens is 428 g/mol. The van der Waals surface area contributed by atoms with Crippen LogP contribution in [0.5, 0.6) is 0 Å². The molecule has 4 rings (SSSR count). The van der Waals surface area contributed by atoms with E-state index >= 15 is 0 Å². The maximum absolute atomic E-state index is 13.9. The topological polar surface area (TPSA) is 80.1 Å². The average Bonchev–Trinajstić information content (AvgIpc) is 3.28. The highest BCUT2D eigenvalue weighted by Crippen LogP contribution is 2.27. The van der Waals surface area contributed by atoms with E-state index in [4.69, 9.17) is 11.6 Å². The van der Waals surface area contributed by atoms with Gasteiger partial charge in [0.2, 0.25) is 5.91 Å². The molecule has 0 bridgehead atoms. The third-order valence-electron chi connectivity index (χ3n) is 5.20. The fourth-order valence-electron chi connectivity index (χ4n) is 3.55. The molecule has 1 fully saturated rings. The van der Waals surface area contributed by atoms with E-state index in [9.17, 15) is 18.4 Å². The maximum Gasteiger partial charge on any atom is 0.256 e. The number of carbonyl (C=O) groups excluding carboxylic acids is 2. The van der Waals surface area contributed by atoms with E-state index in [0.29, 0.717) is 48.4 Å². The quantitative estimate of drug-likeness (QED) is 0.664. The summed E-state index contributed by atoms with van der Waals surface area (Å²) in [6.45, 7) is 0.582. The van der Waals surface area contributed by atoms with E-state index in [1.807, 2.05) is 0 Å². The van der Waals surface area contributed by atoms with Crippen molar-refractivity contribution in [3.63, 3.8) is 0 Å². The lowest BCUT2D eigenvalue weighted by molar-refractivity contribution is -0.121. The molecular formula is C21H18ClF2N5O2. The molecule has 2 amide bonds. The third kappa shape index (κ3) is 4.56. The van der Waals surface area contributed by atoms with Gasteiger partial charge >= 0.3 is 0 Å². The molecule has 1 N–H and O–H groups in total. The van der Waals surface area contributed by atoms with Crippen molar-refractivity contribution in [3.8, 4) is 5.69 Å². The highest BCUT2D eigenvalue weighted by atomic mass is 35.5. The number of amides is 2. The molecule has 0 saturated carbocycles. The predicted molar refractivity (Wildman–Crippen MR) is 110 cm³/mol. The first-order valence-electron chi connectivity index (χ1n) is 9.62. The first-order chi connectivity index (χ1) is 14.9. The van der Waals surface area contributed by atoms with Crippen LogP contribution in [0.25, 0.3) is 5.69 Å². The highest BCUT2D eigenvalue weighted by Gasteiger charge is 2.29. The van der Waals surface area contributed by atoms with Crippen LogP contribution in [0.1, 0.15) is 23.2 Å². The molecule has 1 aliphatic rings. The fraction of sp³-hybridized carbons (Fsp3) is 0.238. The van der Waals surface area contributed by atoms with Gasteiger partial charge in [-0.15, -0.1) is 0 Å². The Morgan fingerprint density at radius 2 is 1.87 bits per heavy atom. The van der Waals surface area contributed by atoms with Crippen LogP contribution in [0.4, 0.5) is 14.5 Å². The summed E-state index contributed by atoms with van der Waals surface area (Å²) in [4.78, 5) is 30.8. The number of piperidine rings is 1. The van der Waals surface area contributed by atoms with E-state index in [1.165, 1.54) is 22.2 Å². The number of hydrogen-bond donors (Lipinski definition) is 1. The Morgan fingerprint density at radius 1 is 1.10 bits per heavy atom. The van der Waals surface area contributed by atoms with Gasteiger partial charge in [-0.05, 0) is 43.2 Å². The second-order valence-electron chi connectivity index (χ2n) is 7.18. The summed E-state index contributed by atoms with van der Waals surface area (Å²) in [6, 6.07) is 7.92. The minimum atomic E-state index is -0.897. The number of anilines is 1. The van der Waals surface area contributed by atoms with E-state index in [0.717, 1.165) is 12.1 Å². The molecule has 1 aliphatic heterocycles. The fourth-order valence-corrected chi connectivity index (χ4v) is 3.73. The summed E-state index contributed by atoms with van der Waals surface area (Å²) in [5.74, 6) is -2.68. The summed E-state index contributed by atoms with van der Waals surface area (Å²) in [5, 5.41) is 7.42. The normalized spacial score (nSPS) is 14.5. The van der Waals surface area contributed by atoms with Crippen molar-refractivity contribution < 1.29 is 18.4 Å². The Hall–Kier alpha value is -3.33. The Morgan fingerprint density at radius 3 is 2.55 bits per heavy atom. The third-order valence-corrected chi connectivity index (χ3v) is 5.43. The van der Waals surface area contributed by atoms with E-state index in [-0.39, 0.29) is 17.4 Å². The van der Waals surface area contributed by atoms with Crippen molar-refractivity contribution in [1.29, 1.82) is 0 Å². The van der Waals surface area contributed by atoms with Crippen LogP contribution in [-0.2, 0) is 4.79 Å². The zero-order valence-electron chi connectivity index (χ0n) is 16.3. The van der Waals surface area contributed by atoms with Gasteiger partial charge in [-0.3, -0.25) is 9.59 Å². The molecule has 0 spiro atoms. The molecule has 0 radical (unpaired) electrons. The first kappa shape index (κ1) is 20.9. The number of benzene rings is 2. The second kappa shape index (κ2) is 8.81. The molecule has 2 aromatic carbocycles. The second-order valence-corrected chi connectivity index (χ2v) is 7.62. The molecule has 0 aliphatic carbocycles. The Bertz CT molecular complexity index is 1110. The number of nitrogens with one attached hydrogen (secondary N) is 1. The Balaban J connectivity index is 1.41. The van der Waals surface area contributed by atoms with Crippen molar-refractivity contribution in [2.75, 3.05) is 18.4 Å². The summed E-state index contributed by atoms with van der Waals surface area (Å²) < 4.78 is 28.5. The van der Waals surface area contributed by atoms with Crippen molar-refractivity contribution in [3.05, 3.63) is 71.3 Å². The molecule has 7 nitrogen and oxygen atoms in total. The van der Waals surface area contributed by atoms with Crippen LogP contribution in [0, 0.1) is 17.6 Å². The van der Waals surface area contributed by atoms with Gasteiger partial charge in [0.05, 0.1) is 16.9 Å². The van der Waals surface area contributed by atoms with Crippen LogP contribution in [0.15, 0.2) is 49.1 Å². The van der Waals surface area contributed by atoms with Gasteiger partial charge in [0.15, 0.2) is 0 Å². The number of nitrogens with zero attached hydrogens (tertiary/aromatic N) is 4. The summed E-state index contributed by atoms with van der Waals surface area (Å²) >= 11 is 6.09. The van der Waals surface area contributed by atoms with Gasteiger partial charge in [0.25, 0.3) is 5.91 Å². The molecule has 0 unspecified atom stereocenters. The summed E-state index contributed by atoms with van der Waals surface area (Å²) in [6.07, 6.45) is 3.73. The average molecular weight is 446 g/mol. The molecule has 160 valence electrons. The minimum Gasteiger partial charge on any atom is -0.339 e. The molecule has 1 aromatic heterocycles. The van der Waals surface area contributed by atoms with Gasteiger partial charge in [-0.25, -0.2) is 18.4 Å². The van der Waals surface area contributed by atoms with E-state index in [2.05, 4.69) is 15.4 Å². The van der Waals surface area contributed by atoms with Crippen molar-refractivity contribution in [1.82, 2.24) is 19.7 Å². The lowest BCUT2D eigenvalue weighted by Crippen LogP contribution is -2.41. The smallest absolute Gasteiger partial charge is 0.256 e. The molecule has 31 heavy (non-hydrogen) atoms. The SMILES string of the molecule is O=C(Nc1cc(Cl)ccc1-n1cncn1)C1CCN(C(=O)c2ccc(F)cc2F)CC1. The van der Waals surface area contributed by atoms with Crippen LogP contribution in [0.2, 0.25) is 5.02 Å². The molecule has 0 atom stereocenters. The first-order valence-corrected chi connectivity index (χ1v) is 10.00. The number of carbonyl (C=O) groups is 2. The summed E-state index contributed by atoms with van der Waals surface area (Å²) in [5.41, 5.74) is 0.935. The van der Waals surface area contributed by atoms with Gasteiger partial charge in [0, 0.05) is 30.1 Å². The number of hydrogen-bond acceptors (Lipinski definition) is 4. The predicted octanol–water partition coefficient (Wildman–Crippen LogP) is 3.69. The van der Waals surface area contributed by atoms with Crippen LogP contribution in [0.3, 0.4) is 0 Å². The van der Waals surface area contributed by atoms with Gasteiger partial charge in [-0.1, -0.05) is 11.6 Å². The van der Waals surface area contributed by atoms with E-state index < -0.39 is 17.5 Å². The number of aromatic nitrogens is 3. The molecule has 2 heterocycles. The number of rotatable bonds is 4. The van der Waals surface area contributed by atoms with Crippen molar-refractivity contribution in [2.45, 2.75) is 12.8 Å². The zero-order chi connectivity index (χ0) is 22.0. The van der Waals surface area contributed by atoms with E-state index in [1.54, 1.807) is 18.2 Å². The van der Waals surface area contributed by atoms with Crippen LogP contribution >= 0.6 is 11.6 Å². The summed E-state index contributed by atoms with van der Waals surface area (Å²) in [7, 11) is 0. The molecule has 3 aromatic rings. The monoisotopic (exact) mass is 445 g/mol. The maximum atomic E-state index is 13.9. The number of likely N-dealkylation sites (tertiary alicyclic amines) is 1. The minimum absolute atomic E-state index is 0.180. The lowest BCUT2D eigenvalue weighted by atomic mass is 9.95. The van der Waals surface area contributed by atoms with Crippen molar-refractivity contribution >= 4 is 29.1 Å². The Kier molecular flexibility index (Phi) is 5.94. The van der Waals surface area contributed by atoms with Crippen LogP contribution < -0.4 is 5.32 Å². The van der Waals surface area contributed by atoms with Gasteiger partial charge in [-0.2, -0.15) is 5.10 Å². The van der Waals surface area contributed by atoms with Crippen LogP contribution in [-0.4, -0.2) is 44.6 Å². The molecule has 10 heteroatoms. The standard InChI is InChI=1S/C21H18ClF2N5O2/c22-14-1-4-19(29-12-25-11-26-29)18(9-14)27-20(30)13-5-7-28(8-6-13)21(31)16-3-2-15(23)10-17(16)24/h1-4,9-13H,5-8H2,(H,27,30). The molecule has 1 saturated heterocycles. The van der Waals surface area contributed by atoms with Gasteiger partial charge in [0.1, 0.15) is 24.3 Å². The lowest BCUT2D eigenvalue weighted by Gasteiger charge is -2.31. The highest BCUT2D eigenvalue weighted by molar-refractivity contribution is 6.31. The van der Waals surface area contributed by atoms with Gasteiger partial charge < -0.3 is 10.2 Å². The Labute approximate surface area is 181 Å². The largest absolute Gasteiger partial charge is 0.339 e.